The van der Waals surface area contributed by atoms with Gasteiger partial charge in [-0.3, -0.25) is 14.5 Å². The second-order valence-electron chi connectivity index (χ2n) is 16.8. The maximum absolute atomic E-state index is 14.1. The van der Waals surface area contributed by atoms with Crippen LogP contribution in [0.15, 0.2) is 110 Å². The highest BCUT2D eigenvalue weighted by Crippen LogP contribution is 2.58. The van der Waals surface area contributed by atoms with Crippen LogP contribution in [0.2, 0.25) is 0 Å². The lowest BCUT2D eigenvalue weighted by atomic mass is 9.99. The van der Waals surface area contributed by atoms with Crippen LogP contribution in [0, 0.1) is 0 Å². The Hall–Kier alpha value is -4.48. The van der Waals surface area contributed by atoms with Crippen LogP contribution in [-0.2, 0) is 12.8 Å². The van der Waals surface area contributed by atoms with Gasteiger partial charge in [-0.05, 0) is 73.2 Å². The summed E-state index contributed by atoms with van der Waals surface area (Å²) in [6.45, 7) is 8.61. The number of aryl methyl sites for hydroxylation is 2. The number of carbonyl (C=O) groups excluding carboxylic acids is 2. The number of hydrogen-bond acceptors (Lipinski definition) is 8. The number of unbranched alkanes of at least 4 members (excludes halogenated alkanes) is 8. The second-order valence-corrected chi connectivity index (χ2v) is 23.3. The molecule has 0 fully saturated rings. The Bertz CT molecular complexity index is 3130. The minimum absolute atomic E-state index is 0.204. The molecule has 9 heteroatoms. The monoisotopic (exact) mass is 949 g/mol. The van der Waals surface area contributed by atoms with Crippen molar-refractivity contribution in [1.82, 2.24) is 4.90 Å². The number of carbonyl (C=O) groups is 2. The zero-order chi connectivity index (χ0) is 43.7. The van der Waals surface area contributed by atoms with E-state index in [-0.39, 0.29) is 18.4 Å². The Morgan fingerprint density at radius 2 is 1.03 bits per heavy atom. The highest BCUT2D eigenvalue weighted by molar-refractivity contribution is 7.33. The average Bonchev–Trinajstić information content (AvgIpc) is 4.19. The molecule has 7 heterocycles. The van der Waals surface area contributed by atoms with Crippen molar-refractivity contribution in [3.63, 3.8) is 0 Å². The Kier molecular flexibility index (Phi) is 13.0. The number of hydrogen-bond donors (Lipinski definition) is 0. The standard InChI is InChI=1S/C55H51NO2S6/c1-4-7-9-11-12-20-26-37-28-29-40(60-37)44-38-32-42(34-21-15-13-16-22-34)61-49(38)45(41-30-27-36(59-41)25-19-10-8-5-2)39-33-43(62-50(39)44)51-52-46(48(63-51)35-23-17-14-18-24-35)47-53(64-52)55(58)56(31-6-3)54(47)57/h6,13-18,21-24,27-30,32-33H,3-5,7-12,19-20,25-26,31H2,1-2H3. The van der Waals surface area contributed by atoms with Gasteiger partial charge in [0.05, 0.1) is 15.1 Å². The van der Waals surface area contributed by atoms with Crippen molar-refractivity contribution in [3.8, 4) is 51.5 Å². The molecule has 324 valence electrons. The van der Waals surface area contributed by atoms with Crippen LogP contribution in [0.1, 0.15) is 108 Å². The molecule has 1 aliphatic heterocycles. The highest BCUT2D eigenvalue weighted by Gasteiger charge is 2.41. The predicted octanol–water partition coefficient (Wildman–Crippen LogP) is 18.7. The van der Waals surface area contributed by atoms with Gasteiger partial charge in [0, 0.05) is 77.4 Å². The topological polar surface area (TPSA) is 37.4 Å². The van der Waals surface area contributed by atoms with E-state index in [1.54, 1.807) is 17.4 Å². The van der Waals surface area contributed by atoms with Gasteiger partial charge in [0.15, 0.2) is 0 Å². The van der Waals surface area contributed by atoms with Gasteiger partial charge in [-0.15, -0.1) is 74.6 Å². The van der Waals surface area contributed by atoms with Gasteiger partial charge in [0.25, 0.3) is 11.8 Å². The summed E-state index contributed by atoms with van der Waals surface area (Å²) in [7, 11) is 0. The van der Waals surface area contributed by atoms with E-state index in [4.69, 9.17) is 0 Å². The van der Waals surface area contributed by atoms with Crippen LogP contribution >= 0.6 is 68.0 Å². The molecule has 10 rings (SSSR count). The van der Waals surface area contributed by atoms with Gasteiger partial charge in [-0.2, -0.15) is 0 Å². The first-order valence-electron chi connectivity index (χ1n) is 22.9. The van der Waals surface area contributed by atoms with Crippen molar-refractivity contribution in [3.05, 3.63) is 130 Å². The maximum atomic E-state index is 14.1. The normalized spacial score (nSPS) is 12.8. The molecule has 3 aromatic carbocycles. The zero-order valence-electron chi connectivity index (χ0n) is 36.4. The molecule has 9 aromatic rings. The molecule has 2 amide bonds. The van der Waals surface area contributed by atoms with Crippen LogP contribution in [0.25, 0.3) is 81.8 Å². The van der Waals surface area contributed by atoms with Crippen LogP contribution in [-0.4, -0.2) is 23.3 Å². The molecular weight excluding hydrogens is 899 g/mol. The Balaban J connectivity index is 1.19. The number of amides is 2. The molecule has 1 aliphatic rings. The number of fused-ring (bicyclic) bond motifs is 5. The maximum Gasteiger partial charge on any atom is 0.271 e. The number of benzene rings is 3. The summed E-state index contributed by atoms with van der Waals surface area (Å²) >= 11 is 11.0. The molecule has 0 bridgehead atoms. The van der Waals surface area contributed by atoms with E-state index in [0.717, 1.165) is 38.2 Å². The SMILES string of the molecule is C=CCN1C(=O)c2sc3c(-c4cc5c(-c6ccc(CCCCCC)s6)c6sc(-c7ccccc7)cc6c(-c6ccc(CCCCCCCC)s6)c5s4)sc(-c4ccccc4)c3c2C1=O. The van der Waals surface area contributed by atoms with Gasteiger partial charge < -0.3 is 0 Å². The van der Waals surface area contributed by atoms with E-state index in [9.17, 15) is 9.59 Å². The molecular formula is C55H51NO2S6. The third-order valence-electron chi connectivity index (χ3n) is 12.4. The second kappa shape index (κ2) is 19.2. The number of nitrogens with zero attached hydrogens (tertiary/aromatic N) is 1. The summed E-state index contributed by atoms with van der Waals surface area (Å²) in [5, 5.41) is 3.51. The highest BCUT2D eigenvalue weighted by atomic mass is 32.1. The molecule has 0 N–H and O–H groups in total. The van der Waals surface area contributed by atoms with E-state index >= 15 is 0 Å². The van der Waals surface area contributed by atoms with Gasteiger partial charge in [0.2, 0.25) is 0 Å². The minimum atomic E-state index is -0.222. The summed E-state index contributed by atoms with van der Waals surface area (Å²) in [6.07, 6.45) is 16.6. The first-order valence-corrected chi connectivity index (χ1v) is 27.8. The predicted molar refractivity (Wildman–Crippen MR) is 284 cm³/mol. The summed E-state index contributed by atoms with van der Waals surface area (Å²) in [5.41, 5.74) is 5.51. The first-order chi connectivity index (χ1) is 31.5. The third-order valence-corrected chi connectivity index (χ3v) is 19.8. The summed E-state index contributed by atoms with van der Waals surface area (Å²) in [4.78, 5) is 40.0. The molecule has 0 saturated heterocycles. The van der Waals surface area contributed by atoms with Crippen molar-refractivity contribution >= 4 is 110 Å². The van der Waals surface area contributed by atoms with E-state index in [1.807, 2.05) is 51.4 Å². The Labute approximate surface area is 400 Å². The Morgan fingerprint density at radius 1 is 0.484 bits per heavy atom. The molecule has 0 spiro atoms. The number of thiophene rings is 6. The van der Waals surface area contributed by atoms with Crippen LogP contribution < -0.4 is 0 Å². The van der Waals surface area contributed by atoms with Gasteiger partial charge in [-0.1, -0.05) is 132 Å². The fourth-order valence-corrected chi connectivity index (χ4v) is 16.9. The van der Waals surface area contributed by atoms with Gasteiger partial charge >= 0.3 is 0 Å². The van der Waals surface area contributed by atoms with Gasteiger partial charge in [-0.25, -0.2) is 0 Å². The molecule has 0 aliphatic carbocycles. The number of rotatable bonds is 19. The van der Waals surface area contributed by atoms with Crippen molar-refractivity contribution in [2.75, 3.05) is 6.54 Å². The average molecular weight is 950 g/mol. The van der Waals surface area contributed by atoms with Gasteiger partial charge in [0.1, 0.15) is 4.88 Å². The van der Waals surface area contributed by atoms with Crippen LogP contribution in [0.5, 0.6) is 0 Å². The van der Waals surface area contributed by atoms with Crippen LogP contribution in [0.3, 0.4) is 0 Å². The summed E-state index contributed by atoms with van der Waals surface area (Å²) < 4.78 is 3.67. The molecule has 0 saturated carbocycles. The molecule has 6 aromatic heterocycles. The molecule has 64 heavy (non-hydrogen) atoms. The minimum Gasteiger partial charge on any atom is -0.270 e. The van der Waals surface area contributed by atoms with Crippen molar-refractivity contribution < 1.29 is 9.59 Å². The smallest absolute Gasteiger partial charge is 0.270 e. The number of imide groups is 1. The fraction of sp³-hybridized carbons (Fsp3) is 0.273. The molecule has 0 radical (unpaired) electrons. The first kappa shape index (κ1) is 43.4. The van der Waals surface area contributed by atoms with Crippen molar-refractivity contribution in [2.24, 2.45) is 0 Å². The van der Waals surface area contributed by atoms with E-state index in [2.05, 4.69) is 111 Å². The third kappa shape index (κ3) is 8.11. The van der Waals surface area contributed by atoms with E-state index in [1.165, 1.54) is 147 Å². The fourth-order valence-electron chi connectivity index (χ4n) is 9.18. The lowest BCUT2D eigenvalue weighted by Gasteiger charge is -2.10. The molecule has 0 unspecified atom stereocenters. The van der Waals surface area contributed by atoms with Crippen molar-refractivity contribution in [2.45, 2.75) is 90.9 Å². The largest absolute Gasteiger partial charge is 0.271 e. The lowest BCUT2D eigenvalue weighted by Crippen LogP contribution is -2.29. The zero-order valence-corrected chi connectivity index (χ0v) is 41.3. The van der Waals surface area contributed by atoms with E-state index in [0.29, 0.717) is 10.4 Å². The quantitative estimate of drug-likeness (QED) is 0.0460. The van der Waals surface area contributed by atoms with E-state index < -0.39 is 0 Å². The van der Waals surface area contributed by atoms with Crippen LogP contribution in [0.4, 0.5) is 0 Å². The molecule has 3 nitrogen and oxygen atoms in total. The lowest BCUT2D eigenvalue weighted by molar-refractivity contribution is 0.0674. The van der Waals surface area contributed by atoms with Crippen molar-refractivity contribution in [1.29, 1.82) is 0 Å². The molecule has 0 atom stereocenters. The summed E-state index contributed by atoms with van der Waals surface area (Å²) in [5.74, 6) is -0.440. The summed E-state index contributed by atoms with van der Waals surface area (Å²) in [6, 6.07) is 35.7. The Morgan fingerprint density at radius 3 is 1.64 bits per heavy atom.